The summed E-state index contributed by atoms with van der Waals surface area (Å²) in [4.78, 5) is 15.7. The van der Waals surface area contributed by atoms with Crippen LogP contribution in [0.2, 0.25) is 9.36 Å². The summed E-state index contributed by atoms with van der Waals surface area (Å²) in [7, 11) is 0. The van der Waals surface area contributed by atoms with Crippen LogP contribution < -0.4 is 10.1 Å². The Morgan fingerprint density at radius 1 is 1.15 bits per heavy atom. The van der Waals surface area contributed by atoms with Crippen molar-refractivity contribution in [3.63, 3.8) is 0 Å². The van der Waals surface area contributed by atoms with Crippen molar-refractivity contribution in [1.82, 2.24) is 10.2 Å². The van der Waals surface area contributed by atoms with Gasteiger partial charge in [-0.15, -0.1) is 11.3 Å². The molecule has 0 aliphatic carbocycles. The maximum absolute atomic E-state index is 12.1. The summed E-state index contributed by atoms with van der Waals surface area (Å²) < 4.78 is 6.53. The average molecular weight is 427 g/mol. The fraction of sp³-hybridized carbons (Fsp3) is 0.450. The number of halogens is 2. The molecule has 3 rings (SSSR count). The van der Waals surface area contributed by atoms with E-state index in [0.717, 1.165) is 53.9 Å². The zero-order chi connectivity index (χ0) is 19.1. The first-order valence-electron chi connectivity index (χ1n) is 9.23. The van der Waals surface area contributed by atoms with Gasteiger partial charge in [-0.3, -0.25) is 9.69 Å². The van der Waals surface area contributed by atoms with Crippen LogP contribution in [0.5, 0.6) is 5.75 Å². The summed E-state index contributed by atoms with van der Waals surface area (Å²) >= 11 is 13.3. The van der Waals surface area contributed by atoms with E-state index in [1.165, 1.54) is 0 Å². The van der Waals surface area contributed by atoms with Crippen LogP contribution >= 0.6 is 34.5 Å². The molecule has 1 amide bonds. The molecule has 1 saturated heterocycles. The Labute approximate surface area is 174 Å². The van der Waals surface area contributed by atoms with Gasteiger partial charge >= 0.3 is 0 Å². The Balaban J connectivity index is 1.29. The standard InChI is InChI=1S/C20H24Cl2N2O2S/c21-15-1-3-17(4-2-15)26-14-13-24-11-9-16(10-12-24)23-20(25)8-6-18-5-7-19(22)27-18/h1-5,7,16H,6,8-14H2,(H,23,25). The number of nitrogens with one attached hydrogen (secondary N) is 1. The number of carbonyl (C=O) groups is 1. The number of ether oxygens (including phenoxy) is 1. The van der Waals surface area contributed by atoms with Gasteiger partial charge in [0.2, 0.25) is 5.91 Å². The number of hydrogen-bond donors (Lipinski definition) is 1. The van der Waals surface area contributed by atoms with E-state index in [1.54, 1.807) is 11.3 Å². The van der Waals surface area contributed by atoms with E-state index in [4.69, 9.17) is 27.9 Å². The molecule has 1 aromatic carbocycles. The monoisotopic (exact) mass is 426 g/mol. The number of rotatable bonds is 8. The number of hydrogen-bond acceptors (Lipinski definition) is 4. The van der Waals surface area contributed by atoms with Gasteiger partial charge in [-0.25, -0.2) is 0 Å². The molecule has 0 bridgehead atoms. The minimum Gasteiger partial charge on any atom is -0.492 e. The predicted octanol–water partition coefficient (Wildman–Crippen LogP) is 4.65. The van der Waals surface area contributed by atoms with Crippen LogP contribution in [0, 0.1) is 0 Å². The third kappa shape index (κ3) is 7.00. The number of thiophene rings is 1. The SMILES string of the molecule is O=C(CCc1ccc(Cl)s1)NC1CCN(CCOc2ccc(Cl)cc2)CC1. The second kappa shape index (κ2) is 10.3. The van der Waals surface area contributed by atoms with E-state index in [9.17, 15) is 4.79 Å². The van der Waals surface area contributed by atoms with E-state index in [1.807, 2.05) is 36.4 Å². The highest BCUT2D eigenvalue weighted by Gasteiger charge is 2.20. The van der Waals surface area contributed by atoms with Crippen LogP contribution in [0.4, 0.5) is 0 Å². The second-order valence-corrected chi connectivity index (χ2v) is 8.93. The van der Waals surface area contributed by atoms with Gasteiger partial charge in [-0.05, 0) is 55.7 Å². The van der Waals surface area contributed by atoms with Gasteiger partial charge in [0.15, 0.2) is 0 Å². The van der Waals surface area contributed by atoms with Crippen LogP contribution in [0.25, 0.3) is 0 Å². The van der Waals surface area contributed by atoms with Gasteiger partial charge in [0, 0.05) is 42.0 Å². The summed E-state index contributed by atoms with van der Waals surface area (Å²) in [6.45, 7) is 3.51. The highest BCUT2D eigenvalue weighted by Crippen LogP contribution is 2.22. The van der Waals surface area contributed by atoms with Gasteiger partial charge in [-0.1, -0.05) is 23.2 Å². The summed E-state index contributed by atoms with van der Waals surface area (Å²) in [5, 5.41) is 3.88. The van der Waals surface area contributed by atoms with Crippen molar-refractivity contribution < 1.29 is 9.53 Å². The normalized spacial score (nSPS) is 15.6. The highest BCUT2D eigenvalue weighted by molar-refractivity contribution is 7.16. The molecule has 7 heteroatoms. The lowest BCUT2D eigenvalue weighted by atomic mass is 10.0. The van der Waals surface area contributed by atoms with Crippen molar-refractivity contribution in [3.05, 3.63) is 50.6 Å². The van der Waals surface area contributed by atoms with Crippen LogP contribution in [-0.2, 0) is 11.2 Å². The molecule has 0 unspecified atom stereocenters. The Kier molecular flexibility index (Phi) is 7.82. The lowest BCUT2D eigenvalue weighted by Gasteiger charge is -2.32. The predicted molar refractivity (Wildman–Crippen MR) is 112 cm³/mol. The van der Waals surface area contributed by atoms with E-state index < -0.39 is 0 Å². The minimum atomic E-state index is 0.129. The number of benzene rings is 1. The second-order valence-electron chi connectivity index (χ2n) is 6.69. The van der Waals surface area contributed by atoms with Crippen molar-refractivity contribution in [2.45, 2.75) is 31.7 Å². The molecule has 1 N–H and O–H groups in total. The fourth-order valence-corrected chi connectivity index (χ4v) is 4.36. The molecule has 4 nitrogen and oxygen atoms in total. The van der Waals surface area contributed by atoms with Crippen molar-refractivity contribution >= 4 is 40.4 Å². The van der Waals surface area contributed by atoms with Crippen LogP contribution in [0.15, 0.2) is 36.4 Å². The molecule has 0 spiro atoms. The highest BCUT2D eigenvalue weighted by atomic mass is 35.5. The number of aryl methyl sites for hydroxylation is 1. The molecule has 2 heterocycles. The van der Waals surface area contributed by atoms with Crippen molar-refractivity contribution in [3.8, 4) is 5.75 Å². The number of amides is 1. The first-order valence-corrected chi connectivity index (χ1v) is 10.8. The van der Waals surface area contributed by atoms with E-state index in [-0.39, 0.29) is 11.9 Å². The molecule has 0 atom stereocenters. The Hall–Kier alpha value is -1.27. The number of piperidine rings is 1. The molecule has 1 aromatic heterocycles. The maximum atomic E-state index is 12.1. The Morgan fingerprint density at radius 3 is 2.56 bits per heavy atom. The fourth-order valence-electron chi connectivity index (χ4n) is 3.15. The molecule has 0 saturated carbocycles. The Bertz CT molecular complexity index is 728. The third-order valence-corrected chi connectivity index (χ3v) is 6.21. The quantitative estimate of drug-likeness (QED) is 0.667. The van der Waals surface area contributed by atoms with Gasteiger partial charge in [0.05, 0.1) is 4.34 Å². The molecular formula is C20H24Cl2N2O2S. The summed E-state index contributed by atoms with van der Waals surface area (Å²) in [5.41, 5.74) is 0. The lowest BCUT2D eigenvalue weighted by Crippen LogP contribution is -2.45. The van der Waals surface area contributed by atoms with Gasteiger partial charge in [0.25, 0.3) is 0 Å². The zero-order valence-corrected chi connectivity index (χ0v) is 17.5. The van der Waals surface area contributed by atoms with Crippen LogP contribution in [-0.4, -0.2) is 43.1 Å². The molecule has 1 aliphatic rings. The molecular weight excluding hydrogens is 403 g/mol. The molecule has 146 valence electrons. The first kappa shape index (κ1) is 20.5. The van der Waals surface area contributed by atoms with Gasteiger partial charge in [-0.2, -0.15) is 0 Å². The molecule has 1 aliphatic heterocycles. The van der Waals surface area contributed by atoms with Crippen LogP contribution in [0.3, 0.4) is 0 Å². The maximum Gasteiger partial charge on any atom is 0.220 e. The minimum absolute atomic E-state index is 0.129. The number of carbonyl (C=O) groups excluding carboxylic acids is 1. The van der Waals surface area contributed by atoms with Crippen molar-refractivity contribution in [2.75, 3.05) is 26.2 Å². The summed E-state index contributed by atoms with van der Waals surface area (Å²) in [6, 6.07) is 11.6. The van der Waals surface area contributed by atoms with Crippen molar-refractivity contribution in [2.24, 2.45) is 0 Å². The van der Waals surface area contributed by atoms with Crippen LogP contribution in [0.1, 0.15) is 24.1 Å². The largest absolute Gasteiger partial charge is 0.492 e. The topological polar surface area (TPSA) is 41.6 Å². The van der Waals surface area contributed by atoms with Gasteiger partial charge in [0.1, 0.15) is 12.4 Å². The van der Waals surface area contributed by atoms with Gasteiger partial charge < -0.3 is 10.1 Å². The van der Waals surface area contributed by atoms with Crippen molar-refractivity contribution in [1.29, 1.82) is 0 Å². The molecule has 2 aromatic rings. The average Bonchev–Trinajstić information content (AvgIpc) is 3.08. The third-order valence-electron chi connectivity index (χ3n) is 4.67. The number of likely N-dealkylation sites (tertiary alicyclic amines) is 1. The molecule has 0 radical (unpaired) electrons. The molecule has 1 fully saturated rings. The smallest absolute Gasteiger partial charge is 0.220 e. The zero-order valence-electron chi connectivity index (χ0n) is 15.1. The summed E-state index contributed by atoms with van der Waals surface area (Å²) in [6.07, 6.45) is 3.24. The number of nitrogens with zero attached hydrogens (tertiary/aromatic N) is 1. The van der Waals surface area contributed by atoms with E-state index in [0.29, 0.717) is 18.1 Å². The Morgan fingerprint density at radius 2 is 1.89 bits per heavy atom. The van der Waals surface area contributed by atoms with E-state index in [2.05, 4.69) is 10.2 Å². The van der Waals surface area contributed by atoms with E-state index >= 15 is 0 Å². The summed E-state index contributed by atoms with van der Waals surface area (Å²) in [5.74, 6) is 0.970. The lowest BCUT2D eigenvalue weighted by molar-refractivity contribution is -0.122. The first-order chi connectivity index (χ1) is 13.1. The molecule has 27 heavy (non-hydrogen) atoms.